The largest absolute Gasteiger partial charge is 0.481 e. The molecule has 0 heterocycles. The number of rotatable bonds is 14. The average Bonchev–Trinajstić information content (AvgIpc) is 2.75. The standard InChI is InChI=1S/C25H34N2O3S/c1-25(2,16-10-18-26-20-11-6-4-7-12-20)22-19-21(31-30-3)14-15-23(22)27-17-9-5-8-13-24(28)29/h4,6-7,10-12,14-15,18-19,26-27H,5,8-9,13,16-17H2,1-3H3,(H,28,29)/p+1/b18-10+. The number of anilines is 1. The molecule has 0 unspecified atom stereocenters. The second-order valence-corrected chi connectivity index (χ2v) is 9.17. The van der Waals surface area contributed by atoms with Gasteiger partial charge in [0.05, 0.1) is 13.7 Å². The van der Waals surface area contributed by atoms with Crippen LogP contribution in [-0.4, -0.2) is 24.7 Å². The highest BCUT2D eigenvalue weighted by Crippen LogP contribution is 2.34. The second-order valence-electron chi connectivity index (χ2n) is 8.20. The van der Waals surface area contributed by atoms with Gasteiger partial charge in [0.25, 0.3) is 0 Å². The molecule has 2 aromatic carbocycles. The van der Waals surface area contributed by atoms with Crippen LogP contribution in [0.25, 0.3) is 0 Å². The minimum atomic E-state index is -0.714. The van der Waals surface area contributed by atoms with E-state index in [0.717, 1.165) is 42.8 Å². The topological polar surface area (TPSA) is 75.2 Å². The van der Waals surface area contributed by atoms with Crippen molar-refractivity contribution in [2.45, 2.75) is 56.3 Å². The highest BCUT2D eigenvalue weighted by atomic mass is 32.2. The third kappa shape index (κ3) is 9.17. The van der Waals surface area contributed by atoms with E-state index in [1.54, 1.807) is 7.11 Å². The highest BCUT2D eigenvalue weighted by molar-refractivity contribution is 7.94. The van der Waals surface area contributed by atoms with Crippen molar-refractivity contribution in [3.63, 3.8) is 0 Å². The molecule has 0 aliphatic carbocycles. The number of para-hydroxylation sites is 1. The maximum absolute atomic E-state index is 10.7. The van der Waals surface area contributed by atoms with Crippen LogP contribution < -0.4 is 10.6 Å². The summed E-state index contributed by atoms with van der Waals surface area (Å²) in [5, 5.41) is 14.4. The van der Waals surface area contributed by atoms with Crippen LogP contribution in [0.15, 0.2) is 65.7 Å². The summed E-state index contributed by atoms with van der Waals surface area (Å²) in [6, 6.07) is 16.6. The van der Waals surface area contributed by atoms with E-state index in [-0.39, 0.29) is 11.8 Å². The van der Waals surface area contributed by atoms with Gasteiger partial charge in [-0.2, -0.15) is 0 Å². The monoisotopic (exact) mass is 443 g/mol. The number of hydrogen-bond acceptors (Lipinski definition) is 4. The zero-order valence-electron chi connectivity index (χ0n) is 18.8. The van der Waals surface area contributed by atoms with Gasteiger partial charge in [0.15, 0.2) is 0 Å². The summed E-state index contributed by atoms with van der Waals surface area (Å²) in [6.45, 7) is 5.48. The molecule has 0 aliphatic heterocycles. The minimum absolute atomic E-state index is 0.0473. The van der Waals surface area contributed by atoms with E-state index in [0.29, 0.717) is 0 Å². The van der Waals surface area contributed by atoms with Gasteiger partial charge in [-0.25, -0.2) is 0 Å². The third-order valence-electron chi connectivity index (χ3n) is 5.16. The van der Waals surface area contributed by atoms with Gasteiger partial charge in [0.1, 0.15) is 5.69 Å². The number of nitrogens with two attached hydrogens (primary N) is 1. The van der Waals surface area contributed by atoms with Gasteiger partial charge >= 0.3 is 5.97 Å². The van der Waals surface area contributed by atoms with Crippen LogP contribution in [0.2, 0.25) is 0 Å². The van der Waals surface area contributed by atoms with E-state index in [4.69, 9.17) is 9.29 Å². The molecule has 31 heavy (non-hydrogen) atoms. The Kier molecular flexibility index (Phi) is 10.6. The van der Waals surface area contributed by atoms with E-state index >= 15 is 0 Å². The van der Waals surface area contributed by atoms with Crippen molar-refractivity contribution >= 4 is 29.4 Å². The Hall–Kier alpha value is -2.28. The lowest BCUT2D eigenvalue weighted by atomic mass is 9.80. The molecule has 168 valence electrons. The number of carboxylic acid groups (broad SMARTS) is 1. The molecule has 0 saturated heterocycles. The van der Waals surface area contributed by atoms with E-state index in [1.165, 1.54) is 23.3 Å². The maximum atomic E-state index is 10.7. The van der Waals surface area contributed by atoms with E-state index < -0.39 is 5.97 Å². The summed E-state index contributed by atoms with van der Waals surface area (Å²) in [4.78, 5) is 11.7. The van der Waals surface area contributed by atoms with E-state index in [2.05, 4.69) is 48.8 Å². The van der Waals surface area contributed by atoms with Crippen LogP contribution in [0.1, 0.15) is 51.5 Å². The van der Waals surface area contributed by atoms with Gasteiger partial charge in [-0.1, -0.05) is 38.1 Å². The van der Waals surface area contributed by atoms with Gasteiger partial charge in [0, 0.05) is 40.7 Å². The molecule has 0 aromatic heterocycles. The van der Waals surface area contributed by atoms with E-state index in [9.17, 15) is 4.79 Å². The summed E-state index contributed by atoms with van der Waals surface area (Å²) in [7, 11) is 1.69. The number of carbonyl (C=O) groups is 1. The van der Waals surface area contributed by atoms with Gasteiger partial charge in [-0.3, -0.25) is 4.79 Å². The summed E-state index contributed by atoms with van der Waals surface area (Å²) in [5.74, 6) is -0.714. The highest BCUT2D eigenvalue weighted by Gasteiger charge is 2.25. The zero-order chi connectivity index (χ0) is 22.5. The fourth-order valence-corrected chi connectivity index (χ4v) is 3.94. The predicted octanol–water partition coefficient (Wildman–Crippen LogP) is 5.47. The molecule has 0 fully saturated rings. The Morgan fingerprint density at radius 3 is 2.65 bits per heavy atom. The molecule has 0 amide bonds. The van der Waals surface area contributed by atoms with Crippen molar-refractivity contribution in [1.82, 2.24) is 0 Å². The molecule has 4 N–H and O–H groups in total. The lowest BCUT2D eigenvalue weighted by molar-refractivity contribution is -0.572. The van der Waals surface area contributed by atoms with Crippen molar-refractivity contribution in [1.29, 1.82) is 0 Å². The first-order valence-corrected chi connectivity index (χ1v) is 11.5. The Bertz CT molecular complexity index is 838. The molecular weight excluding hydrogens is 408 g/mol. The average molecular weight is 444 g/mol. The predicted molar refractivity (Wildman–Crippen MR) is 129 cm³/mol. The van der Waals surface area contributed by atoms with Crippen molar-refractivity contribution in [2.24, 2.45) is 0 Å². The molecule has 0 radical (unpaired) electrons. The number of quaternary nitrogens is 1. The molecule has 2 aromatic rings. The van der Waals surface area contributed by atoms with Gasteiger partial charge in [-0.15, -0.1) is 0 Å². The zero-order valence-corrected chi connectivity index (χ0v) is 19.6. The summed E-state index contributed by atoms with van der Waals surface area (Å²) < 4.78 is 5.26. The smallest absolute Gasteiger partial charge is 0.303 e. The first-order chi connectivity index (χ1) is 14.9. The molecular formula is C25H35N2O3S+. The summed E-state index contributed by atoms with van der Waals surface area (Å²) in [6.07, 6.45) is 8.02. The van der Waals surface area contributed by atoms with Crippen LogP contribution in [-0.2, 0) is 14.4 Å². The first-order valence-electron chi connectivity index (χ1n) is 10.8. The van der Waals surface area contributed by atoms with Gasteiger partial charge in [-0.05, 0) is 61.6 Å². The number of benzene rings is 2. The molecule has 5 nitrogen and oxygen atoms in total. The lowest BCUT2D eigenvalue weighted by Gasteiger charge is -2.25. The Labute approximate surface area is 190 Å². The molecule has 0 saturated carbocycles. The van der Waals surface area contributed by atoms with Crippen molar-refractivity contribution in [2.75, 3.05) is 19.0 Å². The van der Waals surface area contributed by atoms with Crippen LogP contribution in [0.5, 0.6) is 0 Å². The fourth-order valence-electron chi connectivity index (χ4n) is 3.46. The van der Waals surface area contributed by atoms with Crippen molar-refractivity contribution in [3.05, 3.63) is 66.4 Å². The van der Waals surface area contributed by atoms with Gasteiger partial charge in [0.2, 0.25) is 0 Å². The normalized spacial score (nSPS) is 11.7. The number of hydrogen-bond donors (Lipinski definition) is 3. The SMILES string of the molecule is COSc1ccc([NH2+]CCCCCC(=O)O)c(C(C)(C)C/C=C/Nc2ccccc2)c1. The molecule has 0 bridgehead atoms. The van der Waals surface area contributed by atoms with Crippen LogP contribution >= 0.6 is 12.0 Å². The second kappa shape index (κ2) is 13.2. The van der Waals surface area contributed by atoms with E-state index in [1.807, 2.05) is 36.5 Å². The number of unbranched alkanes of at least 4 members (excludes halogenated alkanes) is 2. The fraction of sp³-hybridized carbons (Fsp3) is 0.400. The Morgan fingerprint density at radius 2 is 1.94 bits per heavy atom. The van der Waals surface area contributed by atoms with Gasteiger partial charge < -0.3 is 19.9 Å². The maximum Gasteiger partial charge on any atom is 0.303 e. The molecule has 0 atom stereocenters. The third-order valence-corrected chi connectivity index (χ3v) is 5.78. The lowest BCUT2D eigenvalue weighted by Crippen LogP contribution is -2.78. The first kappa shape index (κ1) is 25.0. The van der Waals surface area contributed by atoms with Crippen LogP contribution in [0.3, 0.4) is 0 Å². The van der Waals surface area contributed by atoms with Crippen molar-refractivity contribution in [3.8, 4) is 0 Å². The summed E-state index contributed by atoms with van der Waals surface area (Å²) >= 11 is 1.38. The molecule has 0 aliphatic rings. The Morgan fingerprint density at radius 1 is 1.16 bits per heavy atom. The quantitative estimate of drug-likeness (QED) is 0.205. The number of nitrogens with one attached hydrogen (secondary N) is 1. The van der Waals surface area contributed by atoms with Crippen LogP contribution in [0.4, 0.5) is 11.4 Å². The summed E-state index contributed by atoms with van der Waals surface area (Å²) in [5.41, 5.74) is 3.57. The van der Waals surface area contributed by atoms with Crippen LogP contribution in [0, 0.1) is 0 Å². The Balaban J connectivity index is 2.01. The van der Waals surface area contributed by atoms with Crippen molar-refractivity contribution < 1.29 is 19.4 Å². The number of allylic oxidation sites excluding steroid dienone is 1. The number of aliphatic carboxylic acids is 1. The molecule has 6 heteroatoms. The number of carboxylic acids is 1. The molecule has 2 rings (SSSR count). The molecule has 0 spiro atoms. The minimum Gasteiger partial charge on any atom is -0.481 e.